The summed E-state index contributed by atoms with van der Waals surface area (Å²) < 4.78 is 0. The molecule has 2 aromatic carbocycles. The van der Waals surface area contributed by atoms with Crippen molar-refractivity contribution < 1.29 is 0 Å². The molecule has 0 aliphatic rings. The Morgan fingerprint density at radius 3 is 2.40 bits per heavy atom. The average Bonchev–Trinajstić information content (AvgIpc) is 2.47. The number of pyridine rings is 1. The predicted molar refractivity (Wildman–Crippen MR) is 83.7 cm³/mol. The van der Waals surface area contributed by atoms with Crippen LogP contribution in [0.2, 0.25) is 0 Å². The maximum absolute atomic E-state index is 6.41. The fourth-order valence-electron chi connectivity index (χ4n) is 2.63. The normalized spacial score (nSPS) is 12.6. The van der Waals surface area contributed by atoms with Crippen molar-refractivity contribution >= 4 is 10.9 Å². The van der Waals surface area contributed by atoms with Crippen LogP contribution >= 0.6 is 0 Å². The lowest BCUT2D eigenvalue weighted by Gasteiger charge is -2.16. The maximum Gasteiger partial charge on any atom is 0.0729 e. The van der Waals surface area contributed by atoms with Crippen LogP contribution in [0.4, 0.5) is 0 Å². The second-order valence-corrected chi connectivity index (χ2v) is 5.22. The van der Waals surface area contributed by atoms with E-state index in [1.54, 1.807) is 0 Å². The van der Waals surface area contributed by atoms with Gasteiger partial charge >= 0.3 is 0 Å². The first kappa shape index (κ1) is 12.8. The largest absolute Gasteiger partial charge is 0.319 e. The smallest absolute Gasteiger partial charge is 0.0729 e. The van der Waals surface area contributed by atoms with Crippen LogP contribution in [0.1, 0.15) is 28.4 Å². The molecule has 2 N–H and O–H groups in total. The first-order valence-corrected chi connectivity index (χ1v) is 6.84. The van der Waals surface area contributed by atoms with Crippen LogP contribution in [0.15, 0.2) is 54.6 Å². The van der Waals surface area contributed by atoms with Gasteiger partial charge in [-0.25, -0.2) is 0 Å². The number of nitrogens with two attached hydrogens (primary N) is 1. The van der Waals surface area contributed by atoms with Crippen molar-refractivity contribution in [3.05, 3.63) is 77.0 Å². The lowest BCUT2D eigenvalue weighted by molar-refractivity contribution is 0.826. The second-order valence-electron chi connectivity index (χ2n) is 5.22. The summed E-state index contributed by atoms with van der Waals surface area (Å²) in [6.07, 6.45) is 0. The molecule has 0 aliphatic heterocycles. The van der Waals surface area contributed by atoms with E-state index in [1.807, 2.05) is 30.3 Å². The fourth-order valence-corrected chi connectivity index (χ4v) is 2.63. The van der Waals surface area contributed by atoms with Crippen molar-refractivity contribution in [2.75, 3.05) is 0 Å². The van der Waals surface area contributed by atoms with Gasteiger partial charge in [-0.3, -0.25) is 4.98 Å². The van der Waals surface area contributed by atoms with Crippen LogP contribution in [0.25, 0.3) is 10.9 Å². The maximum atomic E-state index is 6.41. The summed E-state index contributed by atoms with van der Waals surface area (Å²) in [4.78, 5) is 4.73. The van der Waals surface area contributed by atoms with Crippen molar-refractivity contribution in [1.29, 1.82) is 0 Å². The molecule has 1 aromatic heterocycles. The number of hydrogen-bond acceptors (Lipinski definition) is 2. The summed E-state index contributed by atoms with van der Waals surface area (Å²) in [6, 6.07) is 18.3. The van der Waals surface area contributed by atoms with Crippen LogP contribution < -0.4 is 5.73 Å². The Bertz CT molecular complexity index is 762. The minimum Gasteiger partial charge on any atom is -0.319 e. The van der Waals surface area contributed by atoms with E-state index < -0.39 is 0 Å². The molecule has 0 spiro atoms. The van der Waals surface area contributed by atoms with Crippen molar-refractivity contribution in [3.63, 3.8) is 0 Å². The van der Waals surface area contributed by atoms with Crippen LogP contribution in [0, 0.1) is 13.8 Å². The molecule has 0 bridgehead atoms. The molecule has 0 saturated heterocycles. The van der Waals surface area contributed by atoms with Gasteiger partial charge in [0, 0.05) is 5.39 Å². The van der Waals surface area contributed by atoms with E-state index in [0.717, 1.165) is 16.8 Å². The average molecular weight is 262 g/mol. The Kier molecular flexibility index (Phi) is 3.25. The first-order chi connectivity index (χ1) is 9.66. The Balaban J connectivity index is 2.13. The zero-order valence-electron chi connectivity index (χ0n) is 11.8. The van der Waals surface area contributed by atoms with Gasteiger partial charge in [0.15, 0.2) is 0 Å². The minimum atomic E-state index is -0.181. The Hall–Kier alpha value is -2.19. The molecule has 0 amide bonds. The number of aryl methyl sites for hydroxylation is 2. The lowest BCUT2D eigenvalue weighted by Crippen LogP contribution is -2.15. The van der Waals surface area contributed by atoms with Gasteiger partial charge < -0.3 is 5.73 Å². The van der Waals surface area contributed by atoms with Crippen molar-refractivity contribution in [1.82, 2.24) is 4.98 Å². The van der Waals surface area contributed by atoms with Crippen LogP contribution in [0.3, 0.4) is 0 Å². The third-order valence-corrected chi connectivity index (χ3v) is 3.78. The molecule has 0 fully saturated rings. The van der Waals surface area contributed by atoms with Gasteiger partial charge in [0.05, 0.1) is 17.3 Å². The van der Waals surface area contributed by atoms with Crippen LogP contribution in [-0.4, -0.2) is 4.98 Å². The molecule has 1 heterocycles. The zero-order chi connectivity index (χ0) is 14.1. The zero-order valence-corrected chi connectivity index (χ0v) is 11.8. The van der Waals surface area contributed by atoms with Crippen LogP contribution in [-0.2, 0) is 0 Å². The summed E-state index contributed by atoms with van der Waals surface area (Å²) in [5, 5.41) is 1.19. The predicted octanol–water partition coefficient (Wildman–Crippen LogP) is 3.90. The van der Waals surface area contributed by atoms with Crippen molar-refractivity contribution in [2.45, 2.75) is 19.9 Å². The summed E-state index contributed by atoms with van der Waals surface area (Å²) in [5.41, 5.74) is 11.9. The van der Waals surface area contributed by atoms with Gasteiger partial charge in [0.25, 0.3) is 0 Å². The first-order valence-electron chi connectivity index (χ1n) is 6.84. The minimum absolute atomic E-state index is 0.181. The number of para-hydroxylation sites is 1. The second kappa shape index (κ2) is 5.06. The van der Waals surface area contributed by atoms with Crippen LogP contribution in [0.5, 0.6) is 0 Å². The molecule has 1 atom stereocenters. The van der Waals surface area contributed by atoms with Gasteiger partial charge in [-0.2, -0.15) is 0 Å². The molecule has 20 heavy (non-hydrogen) atoms. The standard InChI is InChI=1S/C18H18N2/c1-12-7-3-4-9-15(12)18(19)17-11-13(2)14-8-5-6-10-16(14)20-17/h3-11,18H,19H2,1-2H3. The topological polar surface area (TPSA) is 38.9 Å². The molecular formula is C18H18N2. The van der Waals surface area contributed by atoms with Gasteiger partial charge in [0.2, 0.25) is 0 Å². The van der Waals surface area contributed by atoms with E-state index in [-0.39, 0.29) is 6.04 Å². The van der Waals surface area contributed by atoms with E-state index in [4.69, 9.17) is 10.7 Å². The van der Waals surface area contributed by atoms with E-state index >= 15 is 0 Å². The number of fused-ring (bicyclic) bond motifs is 1. The number of rotatable bonds is 2. The summed E-state index contributed by atoms with van der Waals surface area (Å²) >= 11 is 0. The third kappa shape index (κ3) is 2.19. The molecule has 2 heteroatoms. The highest BCUT2D eigenvalue weighted by Crippen LogP contribution is 2.25. The van der Waals surface area contributed by atoms with E-state index in [9.17, 15) is 0 Å². The molecule has 100 valence electrons. The number of benzene rings is 2. The highest BCUT2D eigenvalue weighted by molar-refractivity contribution is 5.82. The summed E-state index contributed by atoms with van der Waals surface area (Å²) in [6.45, 7) is 4.20. The Morgan fingerprint density at radius 1 is 0.900 bits per heavy atom. The molecule has 2 nitrogen and oxygen atoms in total. The quantitative estimate of drug-likeness (QED) is 0.760. The summed E-state index contributed by atoms with van der Waals surface area (Å²) in [7, 11) is 0. The Labute approximate surface area is 119 Å². The van der Waals surface area contributed by atoms with E-state index in [0.29, 0.717) is 0 Å². The van der Waals surface area contributed by atoms with E-state index in [2.05, 4.69) is 38.1 Å². The molecule has 3 rings (SSSR count). The molecule has 1 unspecified atom stereocenters. The summed E-state index contributed by atoms with van der Waals surface area (Å²) in [5.74, 6) is 0. The van der Waals surface area contributed by atoms with Gasteiger partial charge in [-0.1, -0.05) is 42.5 Å². The third-order valence-electron chi connectivity index (χ3n) is 3.78. The number of hydrogen-bond donors (Lipinski definition) is 1. The SMILES string of the molecule is Cc1ccccc1C(N)c1cc(C)c2ccccc2n1. The molecule has 3 aromatic rings. The monoisotopic (exact) mass is 262 g/mol. The molecule has 0 saturated carbocycles. The number of aromatic nitrogens is 1. The lowest BCUT2D eigenvalue weighted by atomic mass is 9.97. The highest BCUT2D eigenvalue weighted by Gasteiger charge is 2.14. The molecule has 0 radical (unpaired) electrons. The van der Waals surface area contributed by atoms with Crippen molar-refractivity contribution in [3.8, 4) is 0 Å². The molecular weight excluding hydrogens is 244 g/mol. The van der Waals surface area contributed by atoms with Gasteiger partial charge in [0.1, 0.15) is 0 Å². The van der Waals surface area contributed by atoms with E-state index in [1.165, 1.54) is 16.5 Å². The van der Waals surface area contributed by atoms with Crippen molar-refractivity contribution in [2.24, 2.45) is 5.73 Å². The fraction of sp³-hybridized carbons (Fsp3) is 0.167. The molecule has 0 aliphatic carbocycles. The highest BCUT2D eigenvalue weighted by atomic mass is 14.8. The Morgan fingerprint density at radius 2 is 1.60 bits per heavy atom. The van der Waals surface area contributed by atoms with Gasteiger partial charge in [-0.15, -0.1) is 0 Å². The van der Waals surface area contributed by atoms with Gasteiger partial charge in [-0.05, 0) is 42.7 Å². The number of nitrogens with zero attached hydrogens (tertiary/aromatic N) is 1.